The van der Waals surface area contributed by atoms with E-state index in [0.717, 1.165) is 26.8 Å². The van der Waals surface area contributed by atoms with Crippen molar-refractivity contribution in [2.24, 2.45) is 14.1 Å². The van der Waals surface area contributed by atoms with Crippen molar-refractivity contribution in [2.75, 3.05) is 0 Å². The molecule has 0 spiro atoms. The van der Waals surface area contributed by atoms with Crippen LogP contribution in [0, 0.1) is 13.8 Å². The van der Waals surface area contributed by atoms with E-state index in [1.807, 2.05) is 66.9 Å². The average Bonchev–Trinajstić information content (AvgIpc) is 3.32. The van der Waals surface area contributed by atoms with Crippen LogP contribution >= 0.6 is 0 Å². The van der Waals surface area contributed by atoms with Crippen molar-refractivity contribution in [1.82, 2.24) is 28.3 Å². The quantitative estimate of drug-likeness (QED) is 0.454. The van der Waals surface area contributed by atoms with Gasteiger partial charge in [-0.15, -0.1) is 10.2 Å². The lowest BCUT2D eigenvalue weighted by Crippen LogP contribution is -2.37. The molecule has 31 heavy (non-hydrogen) atoms. The van der Waals surface area contributed by atoms with Gasteiger partial charge in [0.25, 0.3) is 5.56 Å². The molecule has 3 aromatic heterocycles. The van der Waals surface area contributed by atoms with Gasteiger partial charge in [0, 0.05) is 19.7 Å². The smallest absolute Gasteiger partial charge is 0.298 e. The lowest BCUT2D eigenvalue weighted by Gasteiger charge is -2.09. The molecule has 5 aromatic rings. The summed E-state index contributed by atoms with van der Waals surface area (Å²) in [6.45, 7) is 4.50. The molecule has 0 aliphatic heterocycles. The minimum absolute atomic E-state index is 0.355. The second kappa shape index (κ2) is 6.80. The van der Waals surface area contributed by atoms with E-state index in [1.165, 1.54) is 11.6 Å². The fraction of sp³-hybridized carbons (Fsp3) is 0.217. The van der Waals surface area contributed by atoms with E-state index in [4.69, 9.17) is 0 Å². The largest absolute Gasteiger partial charge is 0.332 e. The van der Waals surface area contributed by atoms with Gasteiger partial charge in [0.15, 0.2) is 17.0 Å². The second-order valence-electron chi connectivity index (χ2n) is 7.92. The monoisotopic (exact) mass is 414 g/mol. The Morgan fingerprint density at radius 3 is 2.29 bits per heavy atom. The summed E-state index contributed by atoms with van der Waals surface area (Å²) in [5, 5.41) is 8.86. The average molecular weight is 414 g/mol. The van der Waals surface area contributed by atoms with Crippen molar-refractivity contribution in [3.63, 3.8) is 0 Å². The predicted octanol–water partition coefficient (Wildman–Crippen LogP) is 2.41. The maximum Gasteiger partial charge on any atom is 0.332 e. The van der Waals surface area contributed by atoms with Crippen molar-refractivity contribution < 1.29 is 0 Å². The highest BCUT2D eigenvalue weighted by atomic mass is 16.2. The van der Waals surface area contributed by atoms with Crippen molar-refractivity contribution in [1.29, 1.82) is 0 Å². The number of imidazole rings is 1. The Morgan fingerprint density at radius 2 is 1.58 bits per heavy atom. The topological polar surface area (TPSA) is 79.1 Å². The van der Waals surface area contributed by atoms with E-state index >= 15 is 0 Å². The molecule has 2 aromatic carbocycles. The molecule has 156 valence electrons. The van der Waals surface area contributed by atoms with Crippen molar-refractivity contribution >= 4 is 16.9 Å². The minimum atomic E-state index is -0.393. The predicted molar refractivity (Wildman–Crippen MR) is 119 cm³/mol. The van der Waals surface area contributed by atoms with Crippen molar-refractivity contribution in [2.45, 2.75) is 20.4 Å². The molecule has 8 nitrogen and oxygen atoms in total. The summed E-state index contributed by atoms with van der Waals surface area (Å²) in [6, 6.07) is 16.0. The van der Waals surface area contributed by atoms with Gasteiger partial charge < -0.3 is 0 Å². The van der Waals surface area contributed by atoms with Crippen LogP contribution in [0.5, 0.6) is 0 Å². The van der Waals surface area contributed by atoms with Crippen LogP contribution in [0.2, 0.25) is 0 Å². The van der Waals surface area contributed by atoms with Crippen LogP contribution in [-0.4, -0.2) is 28.3 Å². The maximum absolute atomic E-state index is 13.2. The van der Waals surface area contributed by atoms with Crippen LogP contribution in [-0.2, 0) is 20.6 Å². The first-order valence-electron chi connectivity index (χ1n) is 10.0. The van der Waals surface area contributed by atoms with Gasteiger partial charge in [-0.3, -0.25) is 18.5 Å². The van der Waals surface area contributed by atoms with Crippen LogP contribution in [0.1, 0.15) is 16.7 Å². The number of benzene rings is 2. The first kappa shape index (κ1) is 19.0. The van der Waals surface area contributed by atoms with Crippen LogP contribution < -0.4 is 11.2 Å². The molecule has 0 atom stereocenters. The number of aromatic nitrogens is 6. The van der Waals surface area contributed by atoms with E-state index in [-0.39, 0.29) is 5.56 Å². The first-order chi connectivity index (χ1) is 14.9. The van der Waals surface area contributed by atoms with Gasteiger partial charge in [0.2, 0.25) is 5.78 Å². The maximum atomic E-state index is 13.2. The standard InChI is InChI=1S/C23H22N6O2/c1-14-9-11-16(12-10-14)19-24-25-22-28(13-17-8-6-5-7-15(17)2)18-20(29(19)22)26(3)23(31)27(4)21(18)30/h5-12H,13H2,1-4H3. The number of hydrogen-bond acceptors (Lipinski definition) is 4. The molecular formula is C23H22N6O2. The third-order valence-electron chi connectivity index (χ3n) is 5.88. The number of hydrogen-bond donors (Lipinski definition) is 0. The van der Waals surface area contributed by atoms with Gasteiger partial charge in [0.05, 0.1) is 6.54 Å². The van der Waals surface area contributed by atoms with Gasteiger partial charge in [-0.2, -0.15) is 0 Å². The molecular weight excluding hydrogens is 392 g/mol. The highest BCUT2D eigenvalue weighted by molar-refractivity contribution is 5.80. The highest BCUT2D eigenvalue weighted by Gasteiger charge is 2.24. The molecule has 0 aliphatic carbocycles. The van der Waals surface area contributed by atoms with Gasteiger partial charge in [0.1, 0.15) is 0 Å². The van der Waals surface area contributed by atoms with E-state index in [9.17, 15) is 9.59 Å². The minimum Gasteiger partial charge on any atom is -0.298 e. The summed E-state index contributed by atoms with van der Waals surface area (Å²) in [5.74, 6) is 1.11. The number of nitrogens with zero attached hydrogens (tertiary/aromatic N) is 6. The number of rotatable bonds is 3. The fourth-order valence-electron chi connectivity index (χ4n) is 4.05. The molecule has 0 radical (unpaired) electrons. The van der Waals surface area contributed by atoms with E-state index < -0.39 is 5.69 Å². The zero-order valence-corrected chi connectivity index (χ0v) is 17.8. The molecule has 0 saturated heterocycles. The Labute approximate surface area is 177 Å². The summed E-state index contributed by atoms with van der Waals surface area (Å²) < 4.78 is 6.28. The third kappa shape index (κ3) is 2.75. The van der Waals surface area contributed by atoms with Crippen LogP contribution in [0.3, 0.4) is 0 Å². The van der Waals surface area contributed by atoms with Crippen molar-refractivity contribution in [3.05, 3.63) is 86.1 Å². The Hall–Kier alpha value is -3.94. The van der Waals surface area contributed by atoms with Crippen LogP contribution in [0.15, 0.2) is 58.1 Å². The summed E-state index contributed by atoms with van der Waals surface area (Å²) in [5.41, 5.74) is 4.33. The summed E-state index contributed by atoms with van der Waals surface area (Å²) in [6.07, 6.45) is 0. The molecule has 0 saturated carbocycles. The zero-order chi connectivity index (χ0) is 21.9. The molecule has 5 rings (SSSR count). The Kier molecular flexibility index (Phi) is 4.18. The second-order valence-corrected chi connectivity index (χ2v) is 7.92. The zero-order valence-electron chi connectivity index (χ0n) is 17.8. The third-order valence-corrected chi connectivity index (χ3v) is 5.88. The Balaban J connectivity index is 1.92. The Morgan fingerprint density at radius 1 is 0.871 bits per heavy atom. The van der Waals surface area contributed by atoms with E-state index in [1.54, 1.807) is 11.4 Å². The molecule has 8 heteroatoms. The number of aryl methyl sites for hydroxylation is 3. The Bertz CT molecular complexity index is 1580. The molecule has 0 unspecified atom stereocenters. The fourth-order valence-corrected chi connectivity index (χ4v) is 4.05. The van der Waals surface area contributed by atoms with Gasteiger partial charge in [-0.05, 0) is 25.0 Å². The first-order valence-corrected chi connectivity index (χ1v) is 10.0. The van der Waals surface area contributed by atoms with Crippen molar-refractivity contribution in [3.8, 4) is 11.4 Å². The van der Waals surface area contributed by atoms with Gasteiger partial charge in [-0.1, -0.05) is 54.1 Å². The van der Waals surface area contributed by atoms with Gasteiger partial charge >= 0.3 is 5.69 Å². The van der Waals surface area contributed by atoms with E-state index in [0.29, 0.717) is 29.3 Å². The number of fused-ring (bicyclic) bond motifs is 3. The summed E-state index contributed by atoms with van der Waals surface area (Å²) >= 11 is 0. The summed E-state index contributed by atoms with van der Waals surface area (Å²) in [4.78, 5) is 26.0. The molecule has 0 N–H and O–H groups in total. The molecule has 0 bridgehead atoms. The highest BCUT2D eigenvalue weighted by Crippen LogP contribution is 2.25. The van der Waals surface area contributed by atoms with Gasteiger partial charge in [-0.25, -0.2) is 9.20 Å². The lowest BCUT2D eigenvalue weighted by molar-refractivity contribution is 0.700. The van der Waals surface area contributed by atoms with Crippen LogP contribution in [0.4, 0.5) is 0 Å². The lowest BCUT2D eigenvalue weighted by atomic mass is 10.1. The summed E-state index contributed by atoms with van der Waals surface area (Å²) in [7, 11) is 3.16. The molecule has 0 amide bonds. The van der Waals surface area contributed by atoms with Crippen LogP contribution in [0.25, 0.3) is 28.3 Å². The molecule has 0 aliphatic rings. The normalized spacial score (nSPS) is 11.6. The molecule has 3 heterocycles. The molecule has 0 fully saturated rings. The SMILES string of the molecule is Cc1ccc(-c2nnc3n(Cc4ccccc4C)c4c(=O)n(C)c(=O)n(C)c4n23)cc1. The van der Waals surface area contributed by atoms with E-state index in [2.05, 4.69) is 10.2 Å².